The number of carbonyl (C=O) groups excluding carboxylic acids is 2. The van der Waals surface area contributed by atoms with Crippen molar-refractivity contribution in [3.8, 4) is 5.75 Å². The van der Waals surface area contributed by atoms with E-state index in [1.807, 2.05) is 43.3 Å². The Balaban J connectivity index is 1.60. The van der Waals surface area contributed by atoms with Gasteiger partial charge in [-0.3, -0.25) is 4.90 Å². The lowest BCUT2D eigenvalue weighted by Crippen LogP contribution is -2.31. The molecule has 2 N–H and O–H groups in total. The Kier molecular flexibility index (Phi) is 5.80. The molecule has 2 aromatic carbocycles. The van der Waals surface area contributed by atoms with Gasteiger partial charge in [0.2, 0.25) is 0 Å². The first-order valence-corrected chi connectivity index (χ1v) is 8.96. The predicted molar refractivity (Wildman–Crippen MR) is 105 cm³/mol. The molecular formula is C20H24N4O3. The fourth-order valence-electron chi connectivity index (χ4n) is 2.89. The first kappa shape index (κ1) is 18.6. The highest BCUT2D eigenvalue weighted by molar-refractivity contribution is 5.95. The maximum Gasteiger partial charge on any atom is 0.321 e. The van der Waals surface area contributed by atoms with Gasteiger partial charge in [-0.2, -0.15) is 0 Å². The molecule has 0 unspecified atom stereocenters. The summed E-state index contributed by atoms with van der Waals surface area (Å²) in [5, 5.41) is 5.64. The van der Waals surface area contributed by atoms with Crippen LogP contribution >= 0.6 is 0 Å². The number of rotatable bonds is 6. The van der Waals surface area contributed by atoms with Crippen LogP contribution in [0.15, 0.2) is 48.5 Å². The molecule has 0 atom stereocenters. The van der Waals surface area contributed by atoms with Gasteiger partial charge in [0, 0.05) is 38.1 Å². The number of nitrogens with zero attached hydrogens (tertiary/aromatic N) is 2. The molecule has 1 heterocycles. The van der Waals surface area contributed by atoms with Crippen LogP contribution in [0.25, 0.3) is 0 Å². The molecule has 0 spiro atoms. The lowest BCUT2D eigenvalue weighted by molar-refractivity contribution is 0.220. The van der Waals surface area contributed by atoms with Gasteiger partial charge in [0.15, 0.2) is 0 Å². The highest BCUT2D eigenvalue weighted by Crippen LogP contribution is 2.21. The highest BCUT2D eigenvalue weighted by atomic mass is 16.5. The van der Waals surface area contributed by atoms with Crippen molar-refractivity contribution in [2.45, 2.75) is 13.5 Å². The molecular weight excluding hydrogens is 344 g/mol. The molecule has 1 aliphatic heterocycles. The molecule has 0 aliphatic carbocycles. The van der Waals surface area contributed by atoms with Crippen LogP contribution in [0.3, 0.4) is 0 Å². The number of hydrogen-bond acceptors (Lipinski definition) is 3. The smallest absolute Gasteiger partial charge is 0.321 e. The van der Waals surface area contributed by atoms with E-state index in [-0.39, 0.29) is 12.1 Å². The first-order valence-electron chi connectivity index (χ1n) is 8.96. The molecule has 3 rings (SSSR count). The van der Waals surface area contributed by atoms with Gasteiger partial charge in [0.25, 0.3) is 0 Å². The van der Waals surface area contributed by atoms with Crippen molar-refractivity contribution in [1.29, 1.82) is 0 Å². The number of amides is 4. The summed E-state index contributed by atoms with van der Waals surface area (Å²) in [5.41, 5.74) is 2.42. The van der Waals surface area contributed by atoms with E-state index in [4.69, 9.17) is 4.74 Å². The molecule has 27 heavy (non-hydrogen) atoms. The SMILES string of the molecule is CCOc1ccc(CN(C)C(=O)Nc2cccc(N3CCNC3=O)c2)cc1. The lowest BCUT2D eigenvalue weighted by atomic mass is 10.2. The summed E-state index contributed by atoms with van der Waals surface area (Å²) in [6, 6.07) is 14.6. The molecule has 7 heteroatoms. The normalized spacial score (nSPS) is 13.3. The molecule has 1 aliphatic rings. The van der Waals surface area contributed by atoms with E-state index < -0.39 is 0 Å². The number of benzene rings is 2. The average molecular weight is 368 g/mol. The molecule has 0 bridgehead atoms. The van der Waals surface area contributed by atoms with Gasteiger partial charge in [-0.05, 0) is 42.8 Å². The summed E-state index contributed by atoms with van der Waals surface area (Å²) in [5.74, 6) is 0.816. The number of hydrogen-bond donors (Lipinski definition) is 2. The number of ether oxygens (including phenoxy) is 1. The van der Waals surface area contributed by atoms with E-state index in [2.05, 4.69) is 10.6 Å². The van der Waals surface area contributed by atoms with Gasteiger partial charge in [-0.15, -0.1) is 0 Å². The molecule has 0 aromatic heterocycles. The second-order valence-electron chi connectivity index (χ2n) is 6.30. The number of urea groups is 2. The Morgan fingerprint density at radius 3 is 2.70 bits per heavy atom. The van der Waals surface area contributed by atoms with Gasteiger partial charge in [-0.1, -0.05) is 18.2 Å². The lowest BCUT2D eigenvalue weighted by Gasteiger charge is -2.19. The Labute approximate surface area is 158 Å². The summed E-state index contributed by atoms with van der Waals surface area (Å²) in [6.07, 6.45) is 0. The summed E-state index contributed by atoms with van der Waals surface area (Å²) < 4.78 is 5.43. The maximum absolute atomic E-state index is 12.5. The summed E-state index contributed by atoms with van der Waals surface area (Å²) in [6.45, 7) is 4.29. The van der Waals surface area contributed by atoms with Gasteiger partial charge in [0.1, 0.15) is 5.75 Å². The fourth-order valence-corrected chi connectivity index (χ4v) is 2.89. The van der Waals surface area contributed by atoms with Crippen molar-refractivity contribution in [1.82, 2.24) is 10.2 Å². The molecule has 4 amide bonds. The van der Waals surface area contributed by atoms with Crippen LogP contribution < -0.4 is 20.3 Å². The molecule has 1 saturated heterocycles. The minimum atomic E-state index is -0.216. The van der Waals surface area contributed by atoms with E-state index in [0.29, 0.717) is 31.9 Å². The number of nitrogens with one attached hydrogen (secondary N) is 2. The second-order valence-corrected chi connectivity index (χ2v) is 6.30. The van der Waals surface area contributed by atoms with Crippen molar-refractivity contribution in [3.63, 3.8) is 0 Å². The van der Waals surface area contributed by atoms with E-state index in [1.165, 1.54) is 0 Å². The minimum Gasteiger partial charge on any atom is -0.494 e. The van der Waals surface area contributed by atoms with E-state index >= 15 is 0 Å². The van der Waals surface area contributed by atoms with Crippen LogP contribution in [0.1, 0.15) is 12.5 Å². The van der Waals surface area contributed by atoms with Crippen LogP contribution in [0.4, 0.5) is 21.0 Å². The van der Waals surface area contributed by atoms with Gasteiger partial charge >= 0.3 is 12.1 Å². The standard InChI is InChI=1S/C20H24N4O3/c1-3-27-18-9-7-15(8-10-18)14-23(2)20(26)22-16-5-4-6-17(13-16)24-12-11-21-19(24)25/h4-10,13H,3,11-12,14H2,1-2H3,(H,21,25)(H,22,26). The molecule has 7 nitrogen and oxygen atoms in total. The summed E-state index contributed by atoms with van der Waals surface area (Å²) in [4.78, 5) is 27.5. The molecule has 0 radical (unpaired) electrons. The van der Waals surface area contributed by atoms with Gasteiger partial charge in [-0.25, -0.2) is 9.59 Å². The van der Waals surface area contributed by atoms with Crippen LogP contribution in [0, 0.1) is 0 Å². The highest BCUT2D eigenvalue weighted by Gasteiger charge is 2.21. The predicted octanol–water partition coefficient (Wildman–Crippen LogP) is 3.28. The quantitative estimate of drug-likeness (QED) is 0.822. The van der Waals surface area contributed by atoms with E-state index in [9.17, 15) is 9.59 Å². The van der Waals surface area contributed by atoms with Crippen molar-refractivity contribution >= 4 is 23.4 Å². The second kappa shape index (κ2) is 8.44. The molecule has 2 aromatic rings. The largest absolute Gasteiger partial charge is 0.494 e. The monoisotopic (exact) mass is 368 g/mol. The van der Waals surface area contributed by atoms with E-state index in [1.54, 1.807) is 29.0 Å². The van der Waals surface area contributed by atoms with Crippen molar-refractivity contribution in [2.24, 2.45) is 0 Å². The van der Waals surface area contributed by atoms with Crippen LogP contribution in [0.5, 0.6) is 5.75 Å². The fraction of sp³-hybridized carbons (Fsp3) is 0.300. The van der Waals surface area contributed by atoms with Crippen molar-refractivity contribution in [3.05, 3.63) is 54.1 Å². The van der Waals surface area contributed by atoms with Gasteiger partial charge in [0.05, 0.1) is 6.61 Å². The maximum atomic E-state index is 12.5. The topological polar surface area (TPSA) is 73.9 Å². The first-order chi connectivity index (χ1) is 13.1. The zero-order valence-electron chi connectivity index (χ0n) is 15.6. The molecule has 0 saturated carbocycles. The Hall–Kier alpha value is -3.22. The third kappa shape index (κ3) is 4.69. The number of carbonyl (C=O) groups is 2. The van der Waals surface area contributed by atoms with Crippen LogP contribution in [0.2, 0.25) is 0 Å². The Morgan fingerprint density at radius 1 is 1.26 bits per heavy atom. The molecule has 142 valence electrons. The summed E-state index contributed by atoms with van der Waals surface area (Å²) >= 11 is 0. The van der Waals surface area contributed by atoms with E-state index in [0.717, 1.165) is 17.0 Å². The third-order valence-electron chi connectivity index (χ3n) is 4.27. The zero-order chi connectivity index (χ0) is 19.2. The van der Waals surface area contributed by atoms with Gasteiger partial charge < -0.3 is 20.3 Å². The van der Waals surface area contributed by atoms with Crippen LogP contribution in [-0.2, 0) is 6.54 Å². The molecule has 1 fully saturated rings. The van der Waals surface area contributed by atoms with Crippen molar-refractivity contribution in [2.75, 3.05) is 37.0 Å². The number of anilines is 2. The zero-order valence-corrected chi connectivity index (χ0v) is 15.6. The van der Waals surface area contributed by atoms with Crippen molar-refractivity contribution < 1.29 is 14.3 Å². The Morgan fingerprint density at radius 2 is 2.04 bits per heavy atom. The average Bonchev–Trinajstić information content (AvgIpc) is 3.10. The minimum absolute atomic E-state index is 0.119. The van der Waals surface area contributed by atoms with Crippen LogP contribution in [-0.4, -0.2) is 43.7 Å². The third-order valence-corrected chi connectivity index (χ3v) is 4.27. The Bertz CT molecular complexity index is 807. The summed E-state index contributed by atoms with van der Waals surface area (Å²) in [7, 11) is 1.74.